The van der Waals surface area contributed by atoms with E-state index in [1.807, 2.05) is 12.3 Å². The van der Waals surface area contributed by atoms with Gasteiger partial charge < -0.3 is 15.0 Å². The minimum Gasteiger partial charge on any atom is -0.379 e. The Bertz CT molecular complexity index is 761. The van der Waals surface area contributed by atoms with Crippen LogP contribution in [0.3, 0.4) is 0 Å². The second-order valence-electron chi connectivity index (χ2n) is 5.74. The van der Waals surface area contributed by atoms with E-state index in [0.717, 1.165) is 36.0 Å². The fourth-order valence-electron chi connectivity index (χ4n) is 2.71. The monoisotopic (exact) mass is 323 g/mol. The van der Waals surface area contributed by atoms with Crippen LogP contribution in [-0.4, -0.2) is 57.6 Å². The lowest BCUT2D eigenvalue weighted by molar-refractivity contribution is 0.0771. The highest BCUT2D eigenvalue weighted by atomic mass is 32.2. The van der Waals surface area contributed by atoms with Gasteiger partial charge in [-0.1, -0.05) is 0 Å². The molecule has 1 aliphatic heterocycles. The Morgan fingerprint density at radius 3 is 2.86 bits per heavy atom. The van der Waals surface area contributed by atoms with E-state index in [4.69, 9.17) is 4.74 Å². The zero-order valence-electron chi connectivity index (χ0n) is 12.8. The minimum atomic E-state index is -3.42. The zero-order valence-corrected chi connectivity index (χ0v) is 13.6. The van der Waals surface area contributed by atoms with Crippen molar-refractivity contribution in [2.75, 3.05) is 33.9 Å². The highest BCUT2D eigenvalue weighted by Gasteiger charge is 2.20. The summed E-state index contributed by atoms with van der Waals surface area (Å²) < 4.78 is 31.3. The summed E-state index contributed by atoms with van der Waals surface area (Å²) in [6, 6.07) is 5.47. The number of aromatic nitrogens is 1. The average molecular weight is 323 g/mol. The van der Waals surface area contributed by atoms with Crippen LogP contribution in [0.5, 0.6) is 0 Å². The van der Waals surface area contributed by atoms with Crippen LogP contribution in [0.25, 0.3) is 10.9 Å². The van der Waals surface area contributed by atoms with Crippen molar-refractivity contribution < 1.29 is 13.2 Å². The molecule has 0 spiro atoms. The molecule has 22 heavy (non-hydrogen) atoms. The van der Waals surface area contributed by atoms with E-state index in [1.54, 1.807) is 26.2 Å². The molecule has 0 radical (unpaired) electrons. The number of nitrogens with one attached hydrogen (secondary N) is 2. The van der Waals surface area contributed by atoms with E-state index in [-0.39, 0.29) is 6.04 Å². The van der Waals surface area contributed by atoms with E-state index < -0.39 is 10.0 Å². The van der Waals surface area contributed by atoms with Crippen LogP contribution >= 0.6 is 0 Å². The van der Waals surface area contributed by atoms with E-state index in [2.05, 4.69) is 10.3 Å². The van der Waals surface area contributed by atoms with Crippen molar-refractivity contribution in [2.45, 2.75) is 17.4 Å². The van der Waals surface area contributed by atoms with Gasteiger partial charge in [-0.15, -0.1) is 0 Å². The summed E-state index contributed by atoms with van der Waals surface area (Å²) in [7, 11) is -0.332. The quantitative estimate of drug-likeness (QED) is 0.878. The first-order chi connectivity index (χ1) is 10.5. The summed E-state index contributed by atoms with van der Waals surface area (Å²) in [6.07, 6.45) is 2.76. The van der Waals surface area contributed by atoms with Gasteiger partial charge in [0.1, 0.15) is 0 Å². The number of nitrogens with zero attached hydrogens (tertiary/aromatic N) is 1. The molecule has 120 valence electrons. The lowest BCUT2D eigenvalue weighted by Crippen LogP contribution is -2.42. The molecule has 0 aliphatic carbocycles. The van der Waals surface area contributed by atoms with Crippen molar-refractivity contribution in [3.05, 3.63) is 30.0 Å². The Hall–Kier alpha value is -1.41. The van der Waals surface area contributed by atoms with Crippen LogP contribution < -0.4 is 5.32 Å². The number of rotatable bonds is 4. The maximum absolute atomic E-state index is 12.3. The smallest absolute Gasteiger partial charge is 0.242 e. The van der Waals surface area contributed by atoms with Crippen molar-refractivity contribution in [1.82, 2.24) is 14.6 Å². The average Bonchev–Trinajstić information content (AvgIpc) is 2.90. The van der Waals surface area contributed by atoms with Gasteiger partial charge in [0.05, 0.1) is 18.1 Å². The number of sulfonamides is 1. The van der Waals surface area contributed by atoms with Gasteiger partial charge in [-0.3, -0.25) is 0 Å². The summed E-state index contributed by atoms with van der Waals surface area (Å²) in [6.45, 7) is 2.28. The first-order valence-corrected chi connectivity index (χ1v) is 8.76. The molecule has 3 rings (SSSR count). The summed E-state index contributed by atoms with van der Waals surface area (Å²) >= 11 is 0. The number of ether oxygens (including phenoxy) is 1. The van der Waals surface area contributed by atoms with Crippen molar-refractivity contribution in [2.24, 2.45) is 0 Å². The third-order valence-electron chi connectivity index (χ3n) is 3.98. The molecule has 2 aromatic rings. The van der Waals surface area contributed by atoms with Gasteiger partial charge in [0.15, 0.2) is 0 Å². The first kappa shape index (κ1) is 15.5. The first-order valence-electron chi connectivity index (χ1n) is 7.32. The summed E-state index contributed by atoms with van der Waals surface area (Å²) in [4.78, 5) is 3.53. The second kappa shape index (κ2) is 6.00. The Morgan fingerprint density at radius 1 is 1.36 bits per heavy atom. The summed E-state index contributed by atoms with van der Waals surface area (Å²) in [5, 5.41) is 4.37. The second-order valence-corrected chi connectivity index (χ2v) is 7.89. The van der Waals surface area contributed by atoms with Gasteiger partial charge in [-0.25, -0.2) is 12.7 Å². The number of morpholine rings is 1. The van der Waals surface area contributed by atoms with Crippen LogP contribution in [0, 0.1) is 0 Å². The van der Waals surface area contributed by atoms with Crippen LogP contribution in [0.15, 0.2) is 29.3 Å². The van der Waals surface area contributed by atoms with Gasteiger partial charge in [0.25, 0.3) is 0 Å². The van der Waals surface area contributed by atoms with Crippen molar-refractivity contribution in [1.29, 1.82) is 0 Å². The Labute approximate surface area is 130 Å². The number of aromatic amines is 1. The number of fused-ring (bicyclic) bond motifs is 1. The highest BCUT2D eigenvalue weighted by molar-refractivity contribution is 7.89. The normalized spacial score (nSPS) is 19.9. The molecule has 2 N–H and O–H groups in total. The van der Waals surface area contributed by atoms with Gasteiger partial charge >= 0.3 is 0 Å². The molecule has 0 unspecified atom stereocenters. The standard InChI is InChI=1S/C15H21N3O3S/c1-18(2)22(19,20)13-3-4-15-14(8-13)11(9-17-15)7-12-10-21-6-5-16-12/h3-4,8-9,12,16-17H,5-7,10H2,1-2H3/t12-/m0/s1. The Kier molecular flexibility index (Phi) is 4.22. The highest BCUT2D eigenvalue weighted by Crippen LogP contribution is 2.24. The van der Waals surface area contributed by atoms with Gasteiger partial charge in [-0.05, 0) is 30.2 Å². The maximum atomic E-state index is 12.3. The van der Waals surface area contributed by atoms with E-state index >= 15 is 0 Å². The predicted molar refractivity (Wildman–Crippen MR) is 85.5 cm³/mol. The van der Waals surface area contributed by atoms with Crippen LogP contribution in [0.2, 0.25) is 0 Å². The number of H-pyrrole nitrogens is 1. The van der Waals surface area contributed by atoms with Crippen LogP contribution in [-0.2, 0) is 21.2 Å². The maximum Gasteiger partial charge on any atom is 0.242 e. The largest absolute Gasteiger partial charge is 0.379 e. The SMILES string of the molecule is CN(C)S(=O)(=O)c1ccc2[nH]cc(C[C@H]3COCCN3)c2c1. The van der Waals surface area contributed by atoms with E-state index in [9.17, 15) is 8.42 Å². The van der Waals surface area contributed by atoms with Crippen LogP contribution in [0.1, 0.15) is 5.56 Å². The van der Waals surface area contributed by atoms with Gasteiger partial charge in [0.2, 0.25) is 10.0 Å². The fourth-order valence-corrected chi connectivity index (χ4v) is 3.64. The van der Waals surface area contributed by atoms with Crippen molar-refractivity contribution >= 4 is 20.9 Å². The molecule has 0 saturated carbocycles. The van der Waals surface area contributed by atoms with Gasteiger partial charge in [0, 0.05) is 43.8 Å². The molecular formula is C15H21N3O3S. The molecule has 1 atom stereocenters. The lowest BCUT2D eigenvalue weighted by Gasteiger charge is -2.23. The number of hydrogen-bond donors (Lipinski definition) is 2. The third kappa shape index (κ3) is 2.89. The van der Waals surface area contributed by atoms with Crippen molar-refractivity contribution in [3.63, 3.8) is 0 Å². The molecule has 1 saturated heterocycles. The van der Waals surface area contributed by atoms with Crippen molar-refractivity contribution in [3.8, 4) is 0 Å². The molecule has 1 fully saturated rings. The molecule has 0 amide bonds. The molecule has 7 heteroatoms. The molecule has 0 bridgehead atoms. The molecule has 2 heterocycles. The Morgan fingerprint density at radius 2 is 2.18 bits per heavy atom. The molecule has 1 aromatic carbocycles. The zero-order chi connectivity index (χ0) is 15.7. The summed E-state index contributed by atoms with van der Waals surface area (Å²) in [5.74, 6) is 0. The number of benzene rings is 1. The predicted octanol–water partition coefficient (Wildman–Crippen LogP) is 0.949. The number of hydrogen-bond acceptors (Lipinski definition) is 4. The lowest BCUT2D eigenvalue weighted by atomic mass is 10.0. The molecular weight excluding hydrogens is 302 g/mol. The van der Waals surface area contributed by atoms with Crippen LogP contribution in [0.4, 0.5) is 0 Å². The van der Waals surface area contributed by atoms with Gasteiger partial charge in [-0.2, -0.15) is 0 Å². The molecule has 6 nitrogen and oxygen atoms in total. The fraction of sp³-hybridized carbons (Fsp3) is 0.467. The Balaban J connectivity index is 1.95. The topological polar surface area (TPSA) is 74.4 Å². The van der Waals surface area contributed by atoms with E-state index in [0.29, 0.717) is 11.5 Å². The molecule has 1 aromatic heterocycles. The molecule has 1 aliphatic rings. The van der Waals surface area contributed by atoms with E-state index in [1.165, 1.54) is 4.31 Å². The minimum absolute atomic E-state index is 0.266. The summed E-state index contributed by atoms with van der Waals surface area (Å²) in [5.41, 5.74) is 2.05. The third-order valence-corrected chi connectivity index (χ3v) is 5.79.